The lowest BCUT2D eigenvalue weighted by atomic mass is 10.1. The van der Waals surface area contributed by atoms with E-state index in [9.17, 15) is 9.59 Å². The number of rotatable bonds is 3. The Labute approximate surface area is 109 Å². The lowest BCUT2D eigenvalue weighted by molar-refractivity contribution is -0.124. The maximum atomic E-state index is 11.8. The van der Waals surface area contributed by atoms with E-state index in [-0.39, 0.29) is 22.2 Å². The number of nitrogens with one attached hydrogen (secondary N) is 1. The Bertz CT molecular complexity index is 483. The lowest BCUT2D eigenvalue weighted by Gasteiger charge is -2.12. The number of carbonyl (C=O) groups is 2. The predicted octanol–water partition coefficient (Wildman–Crippen LogP) is 2.16. The fourth-order valence-electron chi connectivity index (χ4n) is 1.84. The van der Waals surface area contributed by atoms with Crippen LogP contribution < -0.4 is 5.32 Å². The van der Waals surface area contributed by atoms with Gasteiger partial charge in [0, 0.05) is 6.61 Å². The largest absolute Gasteiger partial charge is 0.478 e. The smallest absolute Gasteiger partial charge is 0.339 e. The van der Waals surface area contributed by atoms with Crippen LogP contribution in [0.1, 0.15) is 23.2 Å². The molecule has 0 radical (unpaired) electrons. The first kappa shape index (κ1) is 12.9. The number of amides is 1. The molecule has 0 aromatic heterocycles. The Balaban J connectivity index is 2.20. The summed E-state index contributed by atoms with van der Waals surface area (Å²) < 4.78 is 5.23. The van der Waals surface area contributed by atoms with Gasteiger partial charge in [-0.2, -0.15) is 0 Å². The maximum Gasteiger partial charge on any atom is 0.339 e. The van der Waals surface area contributed by atoms with E-state index in [0.717, 1.165) is 6.42 Å². The number of aromatic carboxylic acids is 1. The van der Waals surface area contributed by atoms with Gasteiger partial charge in [0.05, 0.1) is 10.7 Å². The van der Waals surface area contributed by atoms with Crippen LogP contribution in [0.25, 0.3) is 0 Å². The van der Waals surface area contributed by atoms with Gasteiger partial charge in [-0.15, -0.1) is 0 Å². The van der Waals surface area contributed by atoms with Gasteiger partial charge in [-0.3, -0.25) is 4.79 Å². The van der Waals surface area contributed by atoms with Crippen LogP contribution in [0.4, 0.5) is 5.69 Å². The molecule has 1 aliphatic rings. The van der Waals surface area contributed by atoms with Gasteiger partial charge in [-0.25, -0.2) is 4.79 Å². The first-order valence-corrected chi connectivity index (χ1v) is 5.91. The Morgan fingerprint density at radius 2 is 2.22 bits per heavy atom. The monoisotopic (exact) mass is 269 g/mol. The van der Waals surface area contributed by atoms with Gasteiger partial charge in [0.1, 0.15) is 11.7 Å². The number of halogens is 1. The number of anilines is 1. The standard InChI is InChI=1S/C12H12ClNO4/c13-7-3-1-4-8(10(7)12(16)17)14-11(15)9-5-2-6-18-9/h1,3-4,9H,2,5-6H2,(H,14,15)(H,16,17)/t9-/m1/s1. The van der Waals surface area contributed by atoms with Crippen molar-refractivity contribution in [2.75, 3.05) is 11.9 Å². The topological polar surface area (TPSA) is 75.6 Å². The van der Waals surface area contributed by atoms with Crippen molar-refractivity contribution in [2.45, 2.75) is 18.9 Å². The zero-order chi connectivity index (χ0) is 13.1. The third kappa shape index (κ3) is 2.63. The van der Waals surface area contributed by atoms with E-state index in [4.69, 9.17) is 21.4 Å². The zero-order valence-corrected chi connectivity index (χ0v) is 10.2. The number of carboxylic acids is 1. The van der Waals surface area contributed by atoms with Crippen molar-refractivity contribution >= 4 is 29.2 Å². The molecule has 0 saturated carbocycles. The molecule has 1 heterocycles. The Kier molecular flexibility index (Phi) is 3.84. The van der Waals surface area contributed by atoms with Crippen LogP contribution in [0, 0.1) is 0 Å². The van der Waals surface area contributed by atoms with Crippen LogP contribution in [0.3, 0.4) is 0 Å². The molecule has 2 rings (SSSR count). The molecule has 0 bridgehead atoms. The van der Waals surface area contributed by atoms with Crippen LogP contribution in [-0.4, -0.2) is 29.7 Å². The van der Waals surface area contributed by atoms with Gasteiger partial charge in [0.25, 0.3) is 5.91 Å². The van der Waals surface area contributed by atoms with Crippen LogP contribution in [0.15, 0.2) is 18.2 Å². The van der Waals surface area contributed by atoms with Crippen LogP contribution in [0.2, 0.25) is 5.02 Å². The lowest BCUT2D eigenvalue weighted by Crippen LogP contribution is -2.27. The number of carboxylic acid groups (broad SMARTS) is 1. The SMILES string of the molecule is O=C(O)c1c(Cl)cccc1NC(=O)[C@H]1CCCO1. The highest BCUT2D eigenvalue weighted by molar-refractivity contribution is 6.34. The molecular formula is C12H12ClNO4. The average molecular weight is 270 g/mol. The van der Waals surface area contributed by atoms with Gasteiger partial charge < -0.3 is 15.2 Å². The molecule has 1 aromatic carbocycles. The highest BCUT2D eigenvalue weighted by atomic mass is 35.5. The molecule has 1 amide bonds. The minimum atomic E-state index is -1.18. The van der Waals surface area contributed by atoms with Gasteiger partial charge in [0.2, 0.25) is 0 Å². The van der Waals surface area contributed by atoms with Crippen molar-refractivity contribution in [2.24, 2.45) is 0 Å². The maximum absolute atomic E-state index is 11.8. The highest BCUT2D eigenvalue weighted by Crippen LogP contribution is 2.25. The summed E-state index contributed by atoms with van der Waals surface area (Å²) in [6.07, 6.45) is 0.972. The van der Waals surface area contributed by atoms with Crippen molar-refractivity contribution in [3.8, 4) is 0 Å². The second-order valence-corrected chi connectivity index (χ2v) is 4.37. The normalized spacial score (nSPS) is 18.6. The minimum absolute atomic E-state index is 0.0904. The summed E-state index contributed by atoms with van der Waals surface area (Å²) in [5.41, 5.74) is 0.0843. The van der Waals surface area contributed by atoms with Crippen molar-refractivity contribution in [3.05, 3.63) is 28.8 Å². The highest BCUT2D eigenvalue weighted by Gasteiger charge is 2.25. The van der Waals surface area contributed by atoms with E-state index < -0.39 is 12.1 Å². The van der Waals surface area contributed by atoms with E-state index in [1.807, 2.05) is 0 Å². The second-order valence-electron chi connectivity index (χ2n) is 3.96. The molecular weight excluding hydrogens is 258 g/mol. The third-order valence-corrected chi connectivity index (χ3v) is 3.02. The molecule has 2 N–H and O–H groups in total. The second kappa shape index (κ2) is 5.37. The summed E-state index contributed by atoms with van der Waals surface area (Å²) in [4.78, 5) is 22.9. The van der Waals surface area contributed by atoms with E-state index in [1.165, 1.54) is 12.1 Å². The average Bonchev–Trinajstić information content (AvgIpc) is 2.81. The molecule has 1 aromatic rings. The van der Waals surface area contributed by atoms with Crippen molar-refractivity contribution in [1.29, 1.82) is 0 Å². The number of benzene rings is 1. The van der Waals surface area contributed by atoms with Crippen LogP contribution in [0.5, 0.6) is 0 Å². The quantitative estimate of drug-likeness (QED) is 0.882. The van der Waals surface area contributed by atoms with Gasteiger partial charge in [-0.1, -0.05) is 17.7 Å². The Morgan fingerprint density at radius 3 is 2.83 bits per heavy atom. The molecule has 18 heavy (non-hydrogen) atoms. The summed E-state index contributed by atoms with van der Waals surface area (Å²) in [6.45, 7) is 0.555. The molecule has 1 atom stereocenters. The van der Waals surface area contributed by atoms with Gasteiger partial charge in [0.15, 0.2) is 0 Å². The summed E-state index contributed by atoms with van der Waals surface area (Å²) in [7, 11) is 0. The van der Waals surface area contributed by atoms with Gasteiger partial charge in [-0.05, 0) is 25.0 Å². The summed E-state index contributed by atoms with van der Waals surface area (Å²) in [6, 6.07) is 4.55. The molecule has 1 aliphatic heterocycles. The fourth-order valence-corrected chi connectivity index (χ4v) is 2.10. The van der Waals surface area contributed by atoms with E-state index in [1.54, 1.807) is 6.07 Å². The van der Waals surface area contributed by atoms with Crippen LogP contribution >= 0.6 is 11.6 Å². The van der Waals surface area contributed by atoms with Crippen LogP contribution in [-0.2, 0) is 9.53 Å². The Hall–Kier alpha value is -1.59. The van der Waals surface area contributed by atoms with E-state index >= 15 is 0 Å². The number of hydrogen-bond acceptors (Lipinski definition) is 3. The number of ether oxygens (including phenoxy) is 1. The van der Waals surface area contributed by atoms with E-state index in [2.05, 4.69) is 5.32 Å². The molecule has 96 valence electrons. The first-order chi connectivity index (χ1) is 8.59. The molecule has 5 nitrogen and oxygen atoms in total. The third-order valence-electron chi connectivity index (χ3n) is 2.71. The summed E-state index contributed by atoms with van der Waals surface area (Å²) in [5, 5.41) is 11.7. The summed E-state index contributed by atoms with van der Waals surface area (Å²) >= 11 is 5.80. The zero-order valence-electron chi connectivity index (χ0n) is 9.48. The van der Waals surface area contributed by atoms with Crippen molar-refractivity contribution in [3.63, 3.8) is 0 Å². The van der Waals surface area contributed by atoms with E-state index in [0.29, 0.717) is 13.0 Å². The molecule has 1 fully saturated rings. The van der Waals surface area contributed by atoms with Crippen molar-refractivity contribution in [1.82, 2.24) is 0 Å². The molecule has 0 unspecified atom stereocenters. The predicted molar refractivity (Wildman–Crippen MR) is 66.0 cm³/mol. The Morgan fingerprint density at radius 1 is 1.44 bits per heavy atom. The summed E-state index contributed by atoms with van der Waals surface area (Å²) in [5.74, 6) is -1.51. The van der Waals surface area contributed by atoms with Gasteiger partial charge >= 0.3 is 5.97 Å². The minimum Gasteiger partial charge on any atom is -0.478 e. The molecule has 6 heteroatoms. The number of carbonyl (C=O) groups excluding carboxylic acids is 1. The molecule has 0 spiro atoms. The fraction of sp³-hybridized carbons (Fsp3) is 0.333. The number of hydrogen-bond donors (Lipinski definition) is 2. The first-order valence-electron chi connectivity index (χ1n) is 5.54. The molecule has 0 aliphatic carbocycles. The van der Waals surface area contributed by atoms with Crippen molar-refractivity contribution < 1.29 is 19.4 Å². The molecule has 1 saturated heterocycles.